The SMILES string of the molecule is COc1cc(NC(C)=C2C(=O)Nc3ccc(N)cc32)ccc1Br. The van der Waals surface area contributed by atoms with Crippen molar-refractivity contribution in [2.24, 2.45) is 0 Å². The number of amides is 1. The van der Waals surface area contributed by atoms with Crippen LogP contribution in [-0.2, 0) is 4.79 Å². The predicted molar refractivity (Wildman–Crippen MR) is 96.4 cm³/mol. The highest BCUT2D eigenvalue weighted by Gasteiger charge is 2.26. The molecule has 0 unspecified atom stereocenters. The summed E-state index contributed by atoms with van der Waals surface area (Å²) < 4.78 is 6.16. The zero-order valence-corrected chi connectivity index (χ0v) is 14.3. The van der Waals surface area contributed by atoms with Crippen LogP contribution in [0.25, 0.3) is 5.57 Å². The van der Waals surface area contributed by atoms with E-state index >= 15 is 0 Å². The Labute approximate surface area is 142 Å². The Balaban J connectivity index is 1.99. The van der Waals surface area contributed by atoms with Crippen LogP contribution in [0, 0.1) is 0 Å². The van der Waals surface area contributed by atoms with Gasteiger partial charge in [0.15, 0.2) is 0 Å². The minimum absolute atomic E-state index is 0.139. The Kier molecular flexibility index (Phi) is 4.00. The molecule has 2 aromatic carbocycles. The maximum atomic E-state index is 12.3. The van der Waals surface area contributed by atoms with Crippen molar-refractivity contribution in [2.45, 2.75) is 6.92 Å². The highest BCUT2D eigenvalue weighted by molar-refractivity contribution is 9.10. The molecule has 6 heteroatoms. The third-order valence-corrected chi connectivity index (χ3v) is 4.30. The smallest absolute Gasteiger partial charge is 0.258 e. The number of nitrogen functional groups attached to an aromatic ring is 1. The van der Waals surface area contributed by atoms with Crippen molar-refractivity contribution in [2.75, 3.05) is 23.5 Å². The Morgan fingerprint density at radius 3 is 2.78 bits per heavy atom. The number of carbonyl (C=O) groups excluding carboxylic acids is 1. The van der Waals surface area contributed by atoms with Crippen LogP contribution in [0.3, 0.4) is 0 Å². The quantitative estimate of drug-likeness (QED) is 0.564. The van der Waals surface area contributed by atoms with Crippen LogP contribution >= 0.6 is 15.9 Å². The van der Waals surface area contributed by atoms with Crippen molar-refractivity contribution in [1.82, 2.24) is 0 Å². The molecule has 2 aromatic rings. The number of benzene rings is 2. The highest BCUT2D eigenvalue weighted by Crippen LogP contribution is 2.36. The third-order valence-electron chi connectivity index (χ3n) is 3.65. The fraction of sp³-hybridized carbons (Fsp3) is 0.118. The summed E-state index contributed by atoms with van der Waals surface area (Å²) in [7, 11) is 1.61. The molecule has 0 saturated carbocycles. The Morgan fingerprint density at radius 2 is 2.04 bits per heavy atom. The van der Waals surface area contributed by atoms with Crippen LogP contribution in [0.1, 0.15) is 12.5 Å². The molecule has 0 spiro atoms. The Hall–Kier alpha value is -2.47. The van der Waals surface area contributed by atoms with Crippen molar-refractivity contribution in [3.8, 4) is 5.75 Å². The lowest BCUT2D eigenvalue weighted by atomic mass is 10.0. The molecule has 1 heterocycles. The fourth-order valence-electron chi connectivity index (χ4n) is 2.57. The van der Waals surface area contributed by atoms with E-state index in [-0.39, 0.29) is 5.91 Å². The number of carbonyl (C=O) groups is 1. The van der Waals surface area contributed by atoms with Crippen LogP contribution in [0.2, 0.25) is 0 Å². The molecule has 0 aromatic heterocycles. The first-order valence-corrected chi connectivity index (χ1v) is 7.81. The lowest BCUT2D eigenvalue weighted by molar-refractivity contribution is -0.110. The second-order valence-corrected chi connectivity index (χ2v) is 6.09. The number of methoxy groups -OCH3 is 1. The van der Waals surface area contributed by atoms with Gasteiger partial charge in [0.05, 0.1) is 17.2 Å². The zero-order chi connectivity index (χ0) is 16.6. The first-order chi connectivity index (χ1) is 11.0. The molecule has 3 rings (SSSR count). The number of halogens is 1. The molecule has 0 atom stereocenters. The summed E-state index contributed by atoms with van der Waals surface area (Å²) in [4.78, 5) is 12.3. The van der Waals surface area contributed by atoms with Gasteiger partial charge in [-0.3, -0.25) is 4.79 Å². The number of rotatable bonds is 3. The fourth-order valence-corrected chi connectivity index (χ4v) is 2.98. The van der Waals surface area contributed by atoms with E-state index in [1.807, 2.05) is 31.2 Å². The topological polar surface area (TPSA) is 76.4 Å². The highest BCUT2D eigenvalue weighted by atomic mass is 79.9. The molecule has 5 nitrogen and oxygen atoms in total. The van der Waals surface area contributed by atoms with Crippen molar-refractivity contribution in [3.05, 3.63) is 52.1 Å². The van der Waals surface area contributed by atoms with Crippen molar-refractivity contribution >= 4 is 44.5 Å². The van der Waals surface area contributed by atoms with Gasteiger partial charge in [-0.25, -0.2) is 0 Å². The number of hydrogen-bond donors (Lipinski definition) is 3. The number of allylic oxidation sites excluding steroid dienone is 1. The van der Waals surface area contributed by atoms with E-state index in [1.54, 1.807) is 19.2 Å². The molecule has 0 saturated heterocycles. The molecule has 1 aliphatic heterocycles. The summed E-state index contributed by atoms with van der Waals surface area (Å²) in [6.07, 6.45) is 0. The zero-order valence-electron chi connectivity index (χ0n) is 12.7. The van der Waals surface area contributed by atoms with E-state index in [4.69, 9.17) is 10.5 Å². The molecule has 1 amide bonds. The van der Waals surface area contributed by atoms with Crippen LogP contribution < -0.4 is 21.1 Å². The first-order valence-electron chi connectivity index (χ1n) is 7.02. The van der Waals surface area contributed by atoms with Gasteiger partial charge in [0, 0.05) is 34.4 Å². The normalized spacial score (nSPS) is 15.0. The Bertz CT molecular complexity index is 831. The summed E-state index contributed by atoms with van der Waals surface area (Å²) in [6, 6.07) is 11.0. The van der Waals surface area contributed by atoms with E-state index in [9.17, 15) is 4.79 Å². The van der Waals surface area contributed by atoms with Gasteiger partial charge in [-0.15, -0.1) is 0 Å². The van der Waals surface area contributed by atoms with Gasteiger partial charge in [-0.2, -0.15) is 0 Å². The minimum Gasteiger partial charge on any atom is -0.495 e. The van der Waals surface area contributed by atoms with Crippen LogP contribution in [0.15, 0.2) is 46.6 Å². The third kappa shape index (κ3) is 2.90. The van der Waals surface area contributed by atoms with Gasteiger partial charge in [0.1, 0.15) is 5.75 Å². The van der Waals surface area contributed by atoms with Crippen molar-refractivity contribution in [3.63, 3.8) is 0 Å². The summed E-state index contributed by atoms with van der Waals surface area (Å²) in [5.74, 6) is 0.577. The van der Waals surface area contributed by atoms with Gasteiger partial charge in [0.2, 0.25) is 0 Å². The molecule has 0 aliphatic carbocycles. The average molecular weight is 374 g/mol. The summed E-state index contributed by atoms with van der Waals surface area (Å²) in [5, 5.41) is 6.10. The largest absolute Gasteiger partial charge is 0.495 e. The molecule has 0 radical (unpaired) electrons. The number of nitrogens with two attached hydrogens (primary N) is 1. The van der Waals surface area contributed by atoms with E-state index in [0.29, 0.717) is 17.0 Å². The molecule has 23 heavy (non-hydrogen) atoms. The lowest BCUT2D eigenvalue weighted by Gasteiger charge is -2.12. The van der Waals surface area contributed by atoms with E-state index in [1.165, 1.54) is 0 Å². The van der Waals surface area contributed by atoms with Gasteiger partial charge in [-0.1, -0.05) is 0 Å². The standard InChI is InChI=1S/C17H16BrN3O2/c1-9(20-11-4-5-13(18)15(8-11)23-2)16-12-7-10(19)3-6-14(12)21-17(16)22/h3-8,20H,19H2,1-2H3,(H,21,22). The maximum Gasteiger partial charge on any atom is 0.258 e. The van der Waals surface area contributed by atoms with Crippen molar-refractivity contribution in [1.29, 1.82) is 0 Å². The van der Waals surface area contributed by atoms with E-state index in [2.05, 4.69) is 26.6 Å². The van der Waals surface area contributed by atoms with E-state index in [0.717, 1.165) is 27.1 Å². The summed E-state index contributed by atoms with van der Waals surface area (Å²) >= 11 is 3.42. The number of nitrogens with one attached hydrogen (secondary N) is 2. The summed E-state index contributed by atoms with van der Waals surface area (Å²) in [5.41, 5.74) is 10.2. The maximum absolute atomic E-state index is 12.3. The molecule has 118 valence electrons. The summed E-state index contributed by atoms with van der Waals surface area (Å²) in [6.45, 7) is 1.86. The first kappa shape index (κ1) is 15.4. The monoisotopic (exact) mass is 373 g/mol. The number of anilines is 3. The lowest BCUT2D eigenvalue weighted by Crippen LogP contribution is -2.08. The molecular weight excluding hydrogens is 358 g/mol. The second-order valence-electron chi connectivity index (χ2n) is 5.23. The van der Waals surface area contributed by atoms with Crippen LogP contribution in [0.4, 0.5) is 17.1 Å². The molecule has 0 fully saturated rings. The molecule has 4 N–H and O–H groups in total. The number of fused-ring (bicyclic) bond motifs is 1. The van der Waals surface area contributed by atoms with Crippen molar-refractivity contribution < 1.29 is 9.53 Å². The molecule has 0 bridgehead atoms. The Morgan fingerprint density at radius 1 is 1.26 bits per heavy atom. The van der Waals surface area contributed by atoms with Gasteiger partial charge in [-0.05, 0) is 53.2 Å². The minimum atomic E-state index is -0.139. The van der Waals surface area contributed by atoms with Crippen LogP contribution in [0.5, 0.6) is 5.75 Å². The molecular formula is C17H16BrN3O2. The van der Waals surface area contributed by atoms with Gasteiger partial charge in [0.25, 0.3) is 5.91 Å². The number of ether oxygens (including phenoxy) is 1. The predicted octanol–water partition coefficient (Wildman–Crippen LogP) is 3.84. The van der Waals surface area contributed by atoms with E-state index < -0.39 is 0 Å². The van der Waals surface area contributed by atoms with Gasteiger partial charge < -0.3 is 21.1 Å². The van der Waals surface area contributed by atoms with Gasteiger partial charge >= 0.3 is 0 Å². The average Bonchev–Trinajstić information content (AvgIpc) is 2.84. The number of hydrogen-bond acceptors (Lipinski definition) is 4. The van der Waals surface area contributed by atoms with Crippen LogP contribution in [-0.4, -0.2) is 13.0 Å². The molecule has 1 aliphatic rings. The second kappa shape index (κ2) is 5.96.